The second-order valence-corrected chi connectivity index (χ2v) is 5.02. The fourth-order valence-electron chi connectivity index (χ4n) is 1.62. The second-order valence-electron chi connectivity index (χ2n) is 4.11. The monoisotopic (exact) mass is 319 g/mol. The highest BCUT2D eigenvalue weighted by Crippen LogP contribution is 2.13. The summed E-state index contributed by atoms with van der Waals surface area (Å²) in [7, 11) is 0. The molecule has 0 saturated carbocycles. The molecule has 0 unspecified atom stereocenters. The summed E-state index contributed by atoms with van der Waals surface area (Å²) in [6, 6.07) is 14.8. The van der Waals surface area contributed by atoms with E-state index in [9.17, 15) is 4.79 Å². The van der Waals surface area contributed by atoms with E-state index in [0.717, 1.165) is 15.6 Å². The van der Waals surface area contributed by atoms with Gasteiger partial charge in [0.05, 0.1) is 5.56 Å². The molecule has 2 aromatic rings. The van der Waals surface area contributed by atoms with Gasteiger partial charge in [-0.1, -0.05) is 46.3 Å². The molecule has 19 heavy (non-hydrogen) atoms. The molecule has 0 aromatic heterocycles. The lowest BCUT2D eigenvalue weighted by atomic mass is 10.1. The molecule has 0 aliphatic carbocycles. The molecular formula is C15H14BrNO2. The molecule has 2 rings (SSSR count). The van der Waals surface area contributed by atoms with E-state index < -0.39 is 0 Å². The van der Waals surface area contributed by atoms with Crippen molar-refractivity contribution in [2.45, 2.75) is 13.2 Å². The molecule has 0 radical (unpaired) electrons. The van der Waals surface area contributed by atoms with Crippen LogP contribution in [0.2, 0.25) is 0 Å². The van der Waals surface area contributed by atoms with Crippen LogP contribution in [0.1, 0.15) is 21.5 Å². The molecule has 4 heteroatoms. The molecule has 0 fully saturated rings. The normalized spacial score (nSPS) is 10.2. The number of carbonyl (C=O) groups excluding carboxylic acids is 1. The molecule has 0 aliphatic heterocycles. The summed E-state index contributed by atoms with van der Waals surface area (Å²) >= 11 is 3.32. The molecule has 0 atom stereocenters. The standard InChI is InChI=1S/C15H14BrNO2/c16-14-3-1-2-13(8-14)15(18)19-10-12-6-4-11(9-17)5-7-12/h1-8H,9-10,17H2. The van der Waals surface area contributed by atoms with Crippen LogP contribution in [0.25, 0.3) is 0 Å². The minimum atomic E-state index is -0.329. The zero-order valence-electron chi connectivity index (χ0n) is 10.3. The molecule has 2 N–H and O–H groups in total. The molecule has 0 amide bonds. The Morgan fingerprint density at radius 3 is 2.42 bits per heavy atom. The molecule has 3 nitrogen and oxygen atoms in total. The van der Waals surface area contributed by atoms with E-state index in [1.165, 1.54) is 0 Å². The van der Waals surface area contributed by atoms with E-state index in [1.54, 1.807) is 18.2 Å². The van der Waals surface area contributed by atoms with E-state index in [0.29, 0.717) is 12.1 Å². The smallest absolute Gasteiger partial charge is 0.338 e. The molecule has 0 spiro atoms. The van der Waals surface area contributed by atoms with Crippen molar-refractivity contribution in [2.24, 2.45) is 5.73 Å². The first-order chi connectivity index (χ1) is 9.19. The summed E-state index contributed by atoms with van der Waals surface area (Å²) in [5, 5.41) is 0. The van der Waals surface area contributed by atoms with E-state index in [-0.39, 0.29) is 12.6 Å². The minimum Gasteiger partial charge on any atom is -0.457 e. The van der Waals surface area contributed by atoms with Gasteiger partial charge in [0.1, 0.15) is 6.61 Å². The maximum absolute atomic E-state index is 11.8. The van der Waals surface area contributed by atoms with Crippen molar-refractivity contribution in [1.82, 2.24) is 0 Å². The molecule has 98 valence electrons. The first-order valence-corrected chi connectivity index (χ1v) is 6.69. The predicted molar refractivity (Wildman–Crippen MR) is 77.6 cm³/mol. The van der Waals surface area contributed by atoms with Crippen molar-refractivity contribution in [3.8, 4) is 0 Å². The van der Waals surface area contributed by atoms with Crippen LogP contribution >= 0.6 is 15.9 Å². The quantitative estimate of drug-likeness (QED) is 0.880. The largest absolute Gasteiger partial charge is 0.457 e. The van der Waals surface area contributed by atoms with E-state index >= 15 is 0 Å². The van der Waals surface area contributed by atoms with Gasteiger partial charge in [-0.15, -0.1) is 0 Å². The average molecular weight is 320 g/mol. The molecule has 0 aliphatic rings. The summed E-state index contributed by atoms with van der Waals surface area (Å²) in [5.41, 5.74) is 8.06. The molecule has 0 heterocycles. The van der Waals surface area contributed by atoms with Crippen LogP contribution in [0, 0.1) is 0 Å². The lowest BCUT2D eigenvalue weighted by Crippen LogP contribution is -2.05. The zero-order chi connectivity index (χ0) is 13.7. The zero-order valence-corrected chi connectivity index (χ0v) is 11.9. The number of nitrogens with two attached hydrogens (primary N) is 1. The first-order valence-electron chi connectivity index (χ1n) is 5.89. The molecular weight excluding hydrogens is 306 g/mol. The Labute approximate surface area is 120 Å². The van der Waals surface area contributed by atoms with Gasteiger partial charge in [0.25, 0.3) is 0 Å². The lowest BCUT2D eigenvalue weighted by molar-refractivity contribution is 0.0472. The summed E-state index contributed by atoms with van der Waals surface area (Å²) < 4.78 is 6.11. The third-order valence-corrected chi connectivity index (χ3v) is 3.18. The topological polar surface area (TPSA) is 52.3 Å². The fraction of sp³-hybridized carbons (Fsp3) is 0.133. The van der Waals surface area contributed by atoms with Crippen LogP contribution in [-0.4, -0.2) is 5.97 Å². The van der Waals surface area contributed by atoms with E-state index in [1.807, 2.05) is 30.3 Å². The number of ether oxygens (including phenoxy) is 1. The lowest BCUT2D eigenvalue weighted by Gasteiger charge is -2.06. The molecule has 0 bridgehead atoms. The SMILES string of the molecule is NCc1ccc(COC(=O)c2cccc(Br)c2)cc1. The highest BCUT2D eigenvalue weighted by molar-refractivity contribution is 9.10. The van der Waals surface area contributed by atoms with Gasteiger partial charge in [0.2, 0.25) is 0 Å². The van der Waals surface area contributed by atoms with Gasteiger partial charge >= 0.3 is 5.97 Å². The van der Waals surface area contributed by atoms with Crippen molar-refractivity contribution >= 4 is 21.9 Å². The Morgan fingerprint density at radius 2 is 1.79 bits per heavy atom. The van der Waals surface area contributed by atoms with Crippen LogP contribution in [0.3, 0.4) is 0 Å². The number of esters is 1. The highest BCUT2D eigenvalue weighted by Gasteiger charge is 2.07. The van der Waals surface area contributed by atoms with Crippen molar-refractivity contribution in [3.63, 3.8) is 0 Å². The fourth-order valence-corrected chi connectivity index (χ4v) is 2.02. The molecule has 0 saturated heterocycles. The number of halogens is 1. The van der Waals surface area contributed by atoms with Crippen LogP contribution in [0.4, 0.5) is 0 Å². The maximum Gasteiger partial charge on any atom is 0.338 e. The predicted octanol–water partition coefficient (Wildman–Crippen LogP) is 3.26. The van der Waals surface area contributed by atoms with Gasteiger partial charge in [-0.3, -0.25) is 0 Å². The molecule has 2 aromatic carbocycles. The van der Waals surface area contributed by atoms with Crippen molar-refractivity contribution in [1.29, 1.82) is 0 Å². The number of benzene rings is 2. The van der Waals surface area contributed by atoms with Gasteiger partial charge in [-0.25, -0.2) is 4.79 Å². The van der Waals surface area contributed by atoms with E-state index in [4.69, 9.17) is 10.5 Å². The Morgan fingerprint density at radius 1 is 1.11 bits per heavy atom. The van der Waals surface area contributed by atoms with Gasteiger partial charge in [-0.05, 0) is 29.3 Å². The van der Waals surface area contributed by atoms with Gasteiger partial charge in [-0.2, -0.15) is 0 Å². The summed E-state index contributed by atoms with van der Waals surface area (Å²) in [6.07, 6.45) is 0. The Kier molecular flexibility index (Phi) is 4.71. The highest BCUT2D eigenvalue weighted by atomic mass is 79.9. The number of hydrogen-bond donors (Lipinski definition) is 1. The van der Waals surface area contributed by atoms with Crippen molar-refractivity contribution in [2.75, 3.05) is 0 Å². The third kappa shape index (κ3) is 3.91. The van der Waals surface area contributed by atoms with Crippen LogP contribution in [0.15, 0.2) is 53.0 Å². The van der Waals surface area contributed by atoms with Crippen molar-refractivity contribution < 1.29 is 9.53 Å². The number of hydrogen-bond acceptors (Lipinski definition) is 3. The van der Waals surface area contributed by atoms with Gasteiger partial charge < -0.3 is 10.5 Å². The Balaban J connectivity index is 1.96. The van der Waals surface area contributed by atoms with Gasteiger partial charge in [0.15, 0.2) is 0 Å². The Bertz CT molecular complexity index is 567. The second kappa shape index (κ2) is 6.50. The average Bonchev–Trinajstić information content (AvgIpc) is 2.45. The van der Waals surface area contributed by atoms with Crippen LogP contribution in [0.5, 0.6) is 0 Å². The Hall–Kier alpha value is -1.65. The van der Waals surface area contributed by atoms with Gasteiger partial charge in [0, 0.05) is 11.0 Å². The third-order valence-electron chi connectivity index (χ3n) is 2.69. The summed E-state index contributed by atoms with van der Waals surface area (Å²) in [4.78, 5) is 11.8. The first kappa shape index (κ1) is 13.8. The van der Waals surface area contributed by atoms with Crippen molar-refractivity contribution in [3.05, 3.63) is 69.7 Å². The number of carbonyl (C=O) groups is 1. The minimum absolute atomic E-state index is 0.260. The maximum atomic E-state index is 11.8. The number of rotatable bonds is 4. The summed E-state index contributed by atoms with van der Waals surface area (Å²) in [6.45, 7) is 0.772. The van der Waals surface area contributed by atoms with E-state index in [2.05, 4.69) is 15.9 Å². The van der Waals surface area contributed by atoms with Crippen LogP contribution < -0.4 is 5.73 Å². The summed E-state index contributed by atoms with van der Waals surface area (Å²) in [5.74, 6) is -0.329. The van der Waals surface area contributed by atoms with Crippen LogP contribution in [-0.2, 0) is 17.9 Å².